The van der Waals surface area contributed by atoms with E-state index < -0.39 is 5.41 Å². The molecular weight excluding hydrogens is 777 g/mol. The summed E-state index contributed by atoms with van der Waals surface area (Å²) in [7, 11) is 0. The Kier molecular flexibility index (Phi) is 8.13. The molecule has 10 aromatic carbocycles. The number of fused-ring (bicyclic) bond motifs is 13. The lowest BCUT2D eigenvalue weighted by atomic mass is 9.66. The average Bonchev–Trinajstić information content (AvgIpc) is 3.87. The Balaban J connectivity index is 0.949. The van der Waals surface area contributed by atoms with Crippen molar-refractivity contribution in [1.82, 2.24) is 4.57 Å². The average molecular weight is 817 g/mol. The van der Waals surface area contributed by atoms with Gasteiger partial charge in [-0.2, -0.15) is 0 Å². The second kappa shape index (κ2) is 14.3. The number of nitrogens with zero attached hydrogens (tertiary/aromatic N) is 2. The third-order valence-corrected chi connectivity index (χ3v) is 13.5. The van der Waals surface area contributed by atoms with Gasteiger partial charge in [-0.25, -0.2) is 0 Å². The van der Waals surface area contributed by atoms with E-state index in [-0.39, 0.29) is 0 Å². The summed E-state index contributed by atoms with van der Waals surface area (Å²) in [4.78, 5) is 2.33. The molecular formula is C61H40N2O. The summed E-state index contributed by atoms with van der Waals surface area (Å²) in [5, 5.41) is 2.35. The lowest BCUT2D eigenvalue weighted by molar-refractivity contribution is 0.440. The van der Waals surface area contributed by atoms with Crippen LogP contribution in [0.5, 0.6) is 11.5 Å². The monoisotopic (exact) mass is 816 g/mol. The van der Waals surface area contributed by atoms with Gasteiger partial charge < -0.3 is 14.2 Å². The molecule has 0 unspecified atom stereocenters. The number of benzene rings is 10. The Morgan fingerprint density at radius 3 is 1.48 bits per heavy atom. The first-order chi connectivity index (χ1) is 31.8. The maximum Gasteiger partial charge on any atom is 0.156 e. The number of anilines is 3. The van der Waals surface area contributed by atoms with Crippen LogP contribution in [0.25, 0.3) is 60.9 Å². The number of hydrogen-bond acceptors (Lipinski definition) is 2. The molecule has 0 fully saturated rings. The van der Waals surface area contributed by atoms with Crippen LogP contribution < -0.4 is 9.64 Å². The second-order valence-corrected chi connectivity index (χ2v) is 16.8. The molecule has 1 aliphatic heterocycles. The molecule has 300 valence electrons. The highest BCUT2D eigenvalue weighted by Crippen LogP contribution is 2.63. The molecule has 2 heterocycles. The minimum absolute atomic E-state index is 0.548. The predicted molar refractivity (Wildman–Crippen MR) is 264 cm³/mol. The molecule has 2 aliphatic rings. The molecule has 1 aromatic heterocycles. The van der Waals surface area contributed by atoms with E-state index in [9.17, 15) is 0 Å². The molecule has 0 saturated heterocycles. The maximum atomic E-state index is 7.22. The van der Waals surface area contributed by atoms with Crippen molar-refractivity contribution in [3.63, 3.8) is 0 Å². The summed E-state index contributed by atoms with van der Waals surface area (Å²) in [6.07, 6.45) is 0. The van der Waals surface area contributed by atoms with E-state index in [0.717, 1.165) is 56.2 Å². The quantitative estimate of drug-likeness (QED) is 0.166. The Labute approximate surface area is 372 Å². The van der Waals surface area contributed by atoms with Crippen LogP contribution in [0.2, 0.25) is 0 Å². The summed E-state index contributed by atoms with van der Waals surface area (Å²) in [5.74, 6) is 1.78. The smallest absolute Gasteiger partial charge is 0.156 e. The molecule has 3 heteroatoms. The van der Waals surface area contributed by atoms with Crippen LogP contribution in [0, 0.1) is 0 Å². The zero-order valence-corrected chi connectivity index (χ0v) is 34.9. The van der Waals surface area contributed by atoms with Gasteiger partial charge >= 0.3 is 0 Å². The second-order valence-electron chi connectivity index (χ2n) is 16.8. The van der Waals surface area contributed by atoms with Crippen molar-refractivity contribution in [2.75, 3.05) is 4.90 Å². The highest BCUT2D eigenvalue weighted by atomic mass is 16.5. The summed E-state index contributed by atoms with van der Waals surface area (Å²) < 4.78 is 9.62. The van der Waals surface area contributed by atoms with Crippen LogP contribution in [0.3, 0.4) is 0 Å². The van der Waals surface area contributed by atoms with E-state index in [0.29, 0.717) is 0 Å². The highest BCUT2D eigenvalue weighted by molar-refractivity contribution is 6.12. The van der Waals surface area contributed by atoms with Crippen molar-refractivity contribution in [3.05, 3.63) is 265 Å². The van der Waals surface area contributed by atoms with Gasteiger partial charge in [0.2, 0.25) is 0 Å². The lowest BCUT2D eigenvalue weighted by Crippen LogP contribution is -2.32. The molecule has 0 N–H and O–H groups in total. The zero-order chi connectivity index (χ0) is 42.2. The molecule has 0 saturated carbocycles. The summed E-state index contributed by atoms with van der Waals surface area (Å²) in [5.41, 5.74) is 18.2. The first-order valence-corrected chi connectivity index (χ1v) is 22.0. The van der Waals surface area contributed by atoms with Gasteiger partial charge in [-0.05, 0) is 105 Å². The van der Waals surface area contributed by atoms with Gasteiger partial charge in [0.15, 0.2) is 5.75 Å². The van der Waals surface area contributed by atoms with Crippen molar-refractivity contribution in [2.45, 2.75) is 5.41 Å². The molecule has 0 atom stereocenters. The SMILES string of the molecule is c1ccc(-c2ccc(-c3ccc(N(c4ccccc4)c4ccc(-n5c6ccccc6c6ccc7c(c65)Oc5ccccc5C75c6ccccc6-c6ccccc65)cc4)cc3)cc2)cc1. The Bertz CT molecular complexity index is 3510. The molecule has 1 spiro atoms. The van der Waals surface area contributed by atoms with Gasteiger partial charge in [0.1, 0.15) is 5.75 Å². The van der Waals surface area contributed by atoms with Crippen molar-refractivity contribution in [2.24, 2.45) is 0 Å². The first-order valence-electron chi connectivity index (χ1n) is 22.0. The fraction of sp³-hybridized carbons (Fsp3) is 0.0164. The Hall–Kier alpha value is -8.40. The van der Waals surface area contributed by atoms with Crippen molar-refractivity contribution in [1.29, 1.82) is 0 Å². The van der Waals surface area contributed by atoms with Crippen molar-refractivity contribution in [3.8, 4) is 50.6 Å². The first kappa shape index (κ1) is 36.3. The van der Waals surface area contributed by atoms with E-state index in [1.165, 1.54) is 55.5 Å². The van der Waals surface area contributed by atoms with Crippen LogP contribution in [0.4, 0.5) is 17.1 Å². The summed E-state index contributed by atoms with van der Waals surface area (Å²) >= 11 is 0. The van der Waals surface area contributed by atoms with Gasteiger partial charge in [-0.3, -0.25) is 0 Å². The minimum atomic E-state index is -0.548. The van der Waals surface area contributed by atoms with Crippen LogP contribution in [-0.4, -0.2) is 4.57 Å². The number of rotatable bonds is 6. The van der Waals surface area contributed by atoms with Crippen molar-refractivity contribution >= 4 is 38.9 Å². The third kappa shape index (κ3) is 5.34. The lowest BCUT2D eigenvalue weighted by Gasteiger charge is -2.39. The van der Waals surface area contributed by atoms with Crippen molar-refractivity contribution < 1.29 is 4.74 Å². The normalized spacial score (nSPS) is 12.9. The Morgan fingerprint density at radius 1 is 0.344 bits per heavy atom. The largest absolute Gasteiger partial charge is 0.454 e. The summed E-state index contributed by atoms with van der Waals surface area (Å²) in [6.45, 7) is 0. The molecule has 11 aromatic rings. The van der Waals surface area contributed by atoms with E-state index in [1.807, 2.05) is 0 Å². The van der Waals surface area contributed by atoms with Crippen LogP contribution in [-0.2, 0) is 5.41 Å². The molecule has 64 heavy (non-hydrogen) atoms. The highest BCUT2D eigenvalue weighted by Gasteiger charge is 2.51. The number of ether oxygens (including phenoxy) is 1. The minimum Gasteiger partial charge on any atom is -0.454 e. The number of hydrogen-bond donors (Lipinski definition) is 0. The molecule has 0 bridgehead atoms. The van der Waals surface area contributed by atoms with Gasteiger partial charge in [0, 0.05) is 44.6 Å². The van der Waals surface area contributed by atoms with Gasteiger partial charge in [-0.15, -0.1) is 0 Å². The van der Waals surface area contributed by atoms with E-state index in [2.05, 4.69) is 252 Å². The van der Waals surface area contributed by atoms with E-state index in [4.69, 9.17) is 4.74 Å². The maximum absolute atomic E-state index is 7.22. The van der Waals surface area contributed by atoms with Gasteiger partial charge in [-0.1, -0.05) is 182 Å². The van der Waals surface area contributed by atoms with Gasteiger partial charge in [0.05, 0.1) is 16.4 Å². The van der Waals surface area contributed by atoms with Crippen LogP contribution in [0.1, 0.15) is 22.3 Å². The summed E-state index contributed by atoms with van der Waals surface area (Å²) in [6, 6.07) is 87.8. The van der Waals surface area contributed by atoms with E-state index >= 15 is 0 Å². The van der Waals surface area contributed by atoms with Crippen LogP contribution >= 0.6 is 0 Å². The molecule has 0 amide bonds. The molecule has 3 nitrogen and oxygen atoms in total. The number of para-hydroxylation sites is 3. The fourth-order valence-electron chi connectivity index (χ4n) is 10.7. The number of aromatic nitrogens is 1. The topological polar surface area (TPSA) is 17.4 Å². The molecule has 13 rings (SSSR count). The zero-order valence-electron chi connectivity index (χ0n) is 34.9. The van der Waals surface area contributed by atoms with Crippen LogP contribution in [0.15, 0.2) is 243 Å². The molecule has 1 aliphatic carbocycles. The standard InChI is InChI=1S/C61H40N2O/c1-3-15-41(16-4-1)42-27-29-43(30-28-42)44-31-33-46(34-32-44)62(45-17-5-2-6-18-45)47-35-37-48(38-36-47)63-57-25-13-9-21-51(57)52-39-40-56-60(59(52)63)64-58-26-14-12-24-55(58)61(56)53-22-10-7-19-49(53)50-20-8-11-23-54(50)61/h1-40H. The Morgan fingerprint density at radius 2 is 0.828 bits per heavy atom. The van der Waals surface area contributed by atoms with Gasteiger partial charge in [0.25, 0.3) is 0 Å². The predicted octanol–water partition coefficient (Wildman–Crippen LogP) is 16.1. The fourth-order valence-corrected chi connectivity index (χ4v) is 10.7. The third-order valence-electron chi connectivity index (χ3n) is 13.5. The van der Waals surface area contributed by atoms with E-state index in [1.54, 1.807) is 0 Å². The molecule has 0 radical (unpaired) electrons.